The van der Waals surface area contributed by atoms with Gasteiger partial charge in [0.05, 0.1) is 17.7 Å². The van der Waals surface area contributed by atoms with Crippen molar-refractivity contribution in [3.05, 3.63) is 71.3 Å². The van der Waals surface area contributed by atoms with E-state index in [1.807, 2.05) is 60.5 Å². The normalized spacial score (nSPS) is 12.1. The largest absolute Gasteiger partial charge is 0.387 e. The zero-order valence-electron chi connectivity index (χ0n) is 11.5. The first-order valence-electron chi connectivity index (χ1n) is 6.59. The lowest BCUT2D eigenvalue weighted by molar-refractivity contribution is 0.124. The summed E-state index contributed by atoms with van der Waals surface area (Å²) in [5.74, 6) is 0. The van der Waals surface area contributed by atoms with Crippen LogP contribution >= 0.6 is 0 Å². The summed E-state index contributed by atoms with van der Waals surface area (Å²) in [7, 11) is 1.96. The minimum absolute atomic E-state index is 0.500. The molecule has 0 amide bonds. The third-order valence-corrected chi connectivity index (χ3v) is 3.18. The van der Waals surface area contributed by atoms with Crippen molar-refractivity contribution in [3.63, 3.8) is 0 Å². The molecule has 20 heavy (non-hydrogen) atoms. The first-order chi connectivity index (χ1) is 9.69. The van der Waals surface area contributed by atoms with Crippen LogP contribution in [0.4, 0.5) is 0 Å². The summed E-state index contributed by atoms with van der Waals surface area (Å²) in [5, 5.41) is 19.1. The molecule has 1 atom stereocenters. The van der Waals surface area contributed by atoms with Crippen LogP contribution in [0.5, 0.6) is 0 Å². The lowest BCUT2D eigenvalue weighted by Gasteiger charge is -2.21. The Labute approximate surface area is 119 Å². The maximum absolute atomic E-state index is 10.2. The Morgan fingerprint density at radius 1 is 1.15 bits per heavy atom. The summed E-state index contributed by atoms with van der Waals surface area (Å²) in [4.78, 5) is 2.05. The zero-order chi connectivity index (χ0) is 14.4. The van der Waals surface area contributed by atoms with Crippen molar-refractivity contribution >= 4 is 0 Å². The molecule has 0 unspecified atom stereocenters. The van der Waals surface area contributed by atoms with Gasteiger partial charge in [0.2, 0.25) is 0 Å². The SMILES string of the molecule is CN(Cc1cccc(C#N)c1)C[C@H](O)c1ccccc1. The number of hydrogen-bond donors (Lipinski definition) is 1. The van der Waals surface area contributed by atoms with Gasteiger partial charge in [-0.2, -0.15) is 5.26 Å². The third-order valence-electron chi connectivity index (χ3n) is 3.18. The highest BCUT2D eigenvalue weighted by atomic mass is 16.3. The van der Waals surface area contributed by atoms with E-state index < -0.39 is 6.10 Å². The molecule has 0 spiro atoms. The maximum atomic E-state index is 10.2. The number of nitrogens with zero attached hydrogens (tertiary/aromatic N) is 2. The second-order valence-electron chi connectivity index (χ2n) is 4.94. The molecule has 0 heterocycles. The Morgan fingerprint density at radius 2 is 1.90 bits per heavy atom. The average molecular weight is 266 g/mol. The van der Waals surface area contributed by atoms with Gasteiger partial charge in [0.15, 0.2) is 0 Å². The van der Waals surface area contributed by atoms with E-state index in [0.717, 1.165) is 11.1 Å². The van der Waals surface area contributed by atoms with E-state index >= 15 is 0 Å². The minimum atomic E-state index is -0.500. The number of benzene rings is 2. The summed E-state index contributed by atoms with van der Waals surface area (Å²) in [6.45, 7) is 1.26. The molecule has 0 saturated carbocycles. The molecule has 1 N–H and O–H groups in total. The number of nitriles is 1. The van der Waals surface area contributed by atoms with Gasteiger partial charge in [0.25, 0.3) is 0 Å². The standard InChI is InChI=1S/C17H18N2O/c1-19(12-15-7-5-6-14(10-15)11-18)13-17(20)16-8-3-2-4-9-16/h2-10,17,20H,12-13H2,1H3/t17-/m0/s1. The van der Waals surface area contributed by atoms with Crippen LogP contribution in [0.1, 0.15) is 22.8 Å². The third kappa shape index (κ3) is 3.92. The first-order valence-corrected chi connectivity index (χ1v) is 6.59. The fourth-order valence-corrected chi connectivity index (χ4v) is 2.19. The minimum Gasteiger partial charge on any atom is -0.387 e. The van der Waals surface area contributed by atoms with Gasteiger partial charge in [0.1, 0.15) is 0 Å². The van der Waals surface area contributed by atoms with Crippen molar-refractivity contribution in [2.24, 2.45) is 0 Å². The van der Waals surface area contributed by atoms with Crippen LogP contribution in [-0.4, -0.2) is 23.6 Å². The predicted molar refractivity (Wildman–Crippen MR) is 78.9 cm³/mol. The van der Waals surface area contributed by atoms with E-state index in [2.05, 4.69) is 6.07 Å². The molecule has 3 nitrogen and oxygen atoms in total. The van der Waals surface area contributed by atoms with Crippen LogP contribution in [0.2, 0.25) is 0 Å². The van der Waals surface area contributed by atoms with Gasteiger partial charge in [0, 0.05) is 13.1 Å². The first kappa shape index (κ1) is 14.3. The number of hydrogen-bond acceptors (Lipinski definition) is 3. The number of aliphatic hydroxyl groups excluding tert-OH is 1. The van der Waals surface area contributed by atoms with Crippen molar-refractivity contribution < 1.29 is 5.11 Å². The Kier molecular flexibility index (Phi) is 4.89. The molecule has 2 rings (SSSR count). The second-order valence-corrected chi connectivity index (χ2v) is 4.94. The van der Waals surface area contributed by atoms with E-state index in [1.165, 1.54) is 0 Å². The Balaban J connectivity index is 1.95. The van der Waals surface area contributed by atoms with Crippen molar-refractivity contribution in [3.8, 4) is 6.07 Å². The highest BCUT2D eigenvalue weighted by Crippen LogP contribution is 2.14. The topological polar surface area (TPSA) is 47.3 Å². The van der Waals surface area contributed by atoms with Gasteiger partial charge < -0.3 is 5.11 Å². The molecular weight excluding hydrogens is 248 g/mol. The summed E-state index contributed by atoms with van der Waals surface area (Å²) in [6, 6.07) is 19.3. The van der Waals surface area contributed by atoms with Crippen LogP contribution in [-0.2, 0) is 6.54 Å². The summed E-state index contributed by atoms with van der Waals surface area (Å²) < 4.78 is 0. The quantitative estimate of drug-likeness (QED) is 0.905. The lowest BCUT2D eigenvalue weighted by Crippen LogP contribution is -2.24. The molecular formula is C17H18N2O. The molecule has 2 aromatic carbocycles. The van der Waals surface area contributed by atoms with Crippen LogP contribution in [0.25, 0.3) is 0 Å². The van der Waals surface area contributed by atoms with E-state index in [4.69, 9.17) is 5.26 Å². The van der Waals surface area contributed by atoms with E-state index in [1.54, 1.807) is 6.07 Å². The van der Waals surface area contributed by atoms with Gasteiger partial charge >= 0.3 is 0 Å². The Bertz CT molecular complexity index is 589. The molecule has 0 aliphatic carbocycles. The van der Waals surface area contributed by atoms with Crippen LogP contribution in [0, 0.1) is 11.3 Å². The molecule has 0 aromatic heterocycles. The molecule has 0 fully saturated rings. The Hall–Kier alpha value is -2.15. The summed E-state index contributed by atoms with van der Waals surface area (Å²) >= 11 is 0. The highest BCUT2D eigenvalue weighted by Gasteiger charge is 2.10. The molecule has 102 valence electrons. The zero-order valence-corrected chi connectivity index (χ0v) is 11.5. The summed E-state index contributed by atoms with van der Waals surface area (Å²) in [5.41, 5.74) is 2.66. The predicted octanol–water partition coefficient (Wildman–Crippen LogP) is 2.72. The lowest BCUT2D eigenvalue weighted by atomic mass is 10.1. The van der Waals surface area contributed by atoms with Gasteiger partial charge in [-0.25, -0.2) is 0 Å². The van der Waals surface area contributed by atoms with E-state index in [-0.39, 0.29) is 0 Å². The molecule has 0 aliphatic rings. The average Bonchev–Trinajstić information content (AvgIpc) is 2.48. The van der Waals surface area contributed by atoms with Crippen molar-refractivity contribution in [1.82, 2.24) is 4.90 Å². The fraction of sp³-hybridized carbons (Fsp3) is 0.235. The molecule has 0 saturated heterocycles. The Morgan fingerprint density at radius 3 is 2.60 bits per heavy atom. The number of aliphatic hydroxyl groups is 1. The van der Waals surface area contributed by atoms with Gasteiger partial charge in [-0.1, -0.05) is 42.5 Å². The molecule has 0 aliphatic heterocycles. The van der Waals surface area contributed by atoms with Crippen molar-refractivity contribution in [1.29, 1.82) is 5.26 Å². The van der Waals surface area contributed by atoms with Gasteiger partial charge in [-0.15, -0.1) is 0 Å². The highest BCUT2D eigenvalue weighted by molar-refractivity contribution is 5.32. The van der Waals surface area contributed by atoms with Crippen molar-refractivity contribution in [2.45, 2.75) is 12.6 Å². The van der Waals surface area contributed by atoms with Crippen LogP contribution in [0.3, 0.4) is 0 Å². The summed E-state index contributed by atoms with van der Waals surface area (Å²) in [6.07, 6.45) is -0.500. The van der Waals surface area contributed by atoms with Gasteiger partial charge in [-0.3, -0.25) is 4.90 Å². The van der Waals surface area contributed by atoms with E-state index in [0.29, 0.717) is 18.7 Å². The molecule has 0 radical (unpaired) electrons. The number of rotatable bonds is 5. The van der Waals surface area contributed by atoms with E-state index in [9.17, 15) is 5.11 Å². The molecule has 2 aromatic rings. The van der Waals surface area contributed by atoms with Crippen molar-refractivity contribution in [2.75, 3.05) is 13.6 Å². The molecule has 0 bridgehead atoms. The maximum Gasteiger partial charge on any atom is 0.0991 e. The van der Waals surface area contributed by atoms with Gasteiger partial charge in [-0.05, 0) is 30.3 Å². The van der Waals surface area contributed by atoms with Crippen LogP contribution in [0.15, 0.2) is 54.6 Å². The smallest absolute Gasteiger partial charge is 0.0991 e. The number of likely N-dealkylation sites (N-methyl/N-ethyl adjacent to an activating group) is 1. The fourth-order valence-electron chi connectivity index (χ4n) is 2.19. The molecule has 3 heteroatoms. The second kappa shape index (κ2) is 6.85. The van der Waals surface area contributed by atoms with Crippen LogP contribution < -0.4 is 0 Å². The monoisotopic (exact) mass is 266 g/mol.